The van der Waals surface area contributed by atoms with Gasteiger partial charge in [0, 0.05) is 11.6 Å². The molecule has 0 bridgehead atoms. The van der Waals surface area contributed by atoms with E-state index in [-0.39, 0.29) is 25.8 Å². The number of urea groups is 1. The molecule has 2 unspecified atom stereocenters. The van der Waals surface area contributed by atoms with Gasteiger partial charge in [-0.2, -0.15) is 0 Å². The van der Waals surface area contributed by atoms with Gasteiger partial charge in [0.15, 0.2) is 0 Å². The molecule has 0 aromatic carbocycles. The third-order valence-corrected chi connectivity index (χ3v) is 2.93. The fraction of sp³-hybridized carbons (Fsp3) is 0.636. The molecule has 1 heterocycles. The summed E-state index contributed by atoms with van der Waals surface area (Å²) in [5.74, 6) is -1.64. The van der Waals surface area contributed by atoms with E-state index in [1.54, 1.807) is 6.92 Å². The Morgan fingerprint density at radius 3 is 2.72 bits per heavy atom. The highest BCUT2D eigenvalue weighted by atomic mass is 35.5. The van der Waals surface area contributed by atoms with Crippen LogP contribution in [-0.2, 0) is 9.53 Å². The van der Waals surface area contributed by atoms with Gasteiger partial charge in [-0.25, -0.2) is 4.79 Å². The first-order chi connectivity index (χ1) is 8.47. The van der Waals surface area contributed by atoms with E-state index in [2.05, 4.69) is 11.9 Å². The van der Waals surface area contributed by atoms with Gasteiger partial charge in [0.25, 0.3) is 0 Å². The molecule has 1 saturated heterocycles. The van der Waals surface area contributed by atoms with E-state index in [1.807, 2.05) is 0 Å². The van der Waals surface area contributed by atoms with E-state index < -0.39 is 17.9 Å². The predicted molar refractivity (Wildman–Crippen MR) is 66.5 cm³/mol. The number of likely N-dealkylation sites (N-methyl/N-ethyl adjacent to an activating group) is 1. The van der Waals surface area contributed by atoms with Crippen LogP contribution in [0.2, 0.25) is 0 Å². The van der Waals surface area contributed by atoms with Crippen molar-refractivity contribution in [3.63, 3.8) is 0 Å². The quantitative estimate of drug-likeness (QED) is 0.781. The first kappa shape index (κ1) is 14.8. The molecule has 1 aliphatic rings. The number of ether oxygens (including phenoxy) is 1. The molecule has 102 valence electrons. The molecule has 0 aliphatic carbocycles. The first-order valence-corrected chi connectivity index (χ1v) is 6.03. The van der Waals surface area contributed by atoms with Gasteiger partial charge in [0.2, 0.25) is 0 Å². The summed E-state index contributed by atoms with van der Waals surface area (Å²) in [6.45, 7) is 6.17. The molecule has 1 aliphatic heterocycles. The topological polar surface area (TPSA) is 78.9 Å². The zero-order valence-corrected chi connectivity index (χ0v) is 10.9. The van der Waals surface area contributed by atoms with Crippen LogP contribution in [0.15, 0.2) is 11.6 Å². The second-order valence-corrected chi connectivity index (χ2v) is 4.55. The molecule has 1 rings (SSSR count). The highest BCUT2D eigenvalue weighted by Crippen LogP contribution is 2.20. The minimum Gasteiger partial charge on any atom is -0.481 e. The van der Waals surface area contributed by atoms with E-state index in [0.29, 0.717) is 11.6 Å². The van der Waals surface area contributed by atoms with Gasteiger partial charge in [0.1, 0.15) is 5.92 Å². The molecule has 0 aromatic heterocycles. The number of carboxylic acids is 1. The van der Waals surface area contributed by atoms with Crippen molar-refractivity contribution in [3.05, 3.63) is 11.6 Å². The molecule has 1 fully saturated rings. The summed E-state index contributed by atoms with van der Waals surface area (Å²) >= 11 is 5.56. The number of aliphatic carboxylic acids is 1. The fourth-order valence-electron chi connectivity index (χ4n) is 1.89. The number of hydrogen-bond acceptors (Lipinski definition) is 3. The maximum atomic E-state index is 11.9. The molecule has 2 N–H and O–H groups in total. The van der Waals surface area contributed by atoms with Crippen LogP contribution in [0.3, 0.4) is 0 Å². The Balaban J connectivity index is 2.67. The lowest BCUT2D eigenvalue weighted by Crippen LogP contribution is -2.50. The largest absolute Gasteiger partial charge is 0.481 e. The fourth-order valence-corrected chi connectivity index (χ4v) is 1.95. The highest BCUT2D eigenvalue weighted by Gasteiger charge is 2.39. The number of carbonyl (C=O) groups is 2. The number of carboxylic acid groups (broad SMARTS) is 1. The lowest BCUT2D eigenvalue weighted by molar-refractivity contribution is -0.142. The molecule has 7 heteroatoms. The first-order valence-electron chi connectivity index (χ1n) is 5.65. The summed E-state index contributed by atoms with van der Waals surface area (Å²) in [6, 6.07) is -0.808. The minimum absolute atomic E-state index is 0.131. The standard InChI is InChI=1S/C11H17ClN2O4/c1-3-14(11(17)13-4-7(2)12)9-6-18-5-8(9)10(15)16/h8-9H,2-6H2,1H3,(H,13,17)(H,15,16). The van der Waals surface area contributed by atoms with Crippen LogP contribution < -0.4 is 5.32 Å². The van der Waals surface area contributed by atoms with Crippen molar-refractivity contribution < 1.29 is 19.4 Å². The molecule has 18 heavy (non-hydrogen) atoms. The molecule has 0 aromatic rings. The summed E-state index contributed by atoms with van der Waals surface area (Å²) in [5.41, 5.74) is 0. The van der Waals surface area contributed by atoms with Gasteiger partial charge in [0.05, 0.1) is 25.8 Å². The van der Waals surface area contributed by atoms with E-state index >= 15 is 0 Å². The third-order valence-electron chi connectivity index (χ3n) is 2.80. The Morgan fingerprint density at radius 2 is 2.22 bits per heavy atom. The lowest BCUT2D eigenvalue weighted by Gasteiger charge is -2.29. The predicted octanol–water partition coefficient (Wildman–Crippen LogP) is 0.870. The summed E-state index contributed by atoms with van der Waals surface area (Å²) in [5, 5.41) is 11.9. The summed E-state index contributed by atoms with van der Waals surface area (Å²) in [4.78, 5) is 24.4. The lowest BCUT2D eigenvalue weighted by atomic mass is 10.0. The Kier molecular flexibility index (Phi) is 5.43. The summed E-state index contributed by atoms with van der Waals surface area (Å²) < 4.78 is 5.14. The van der Waals surface area contributed by atoms with E-state index in [0.717, 1.165) is 0 Å². The van der Waals surface area contributed by atoms with Crippen LogP contribution in [-0.4, -0.2) is 54.4 Å². The Bertz CT molecular complexity index is 348. The monoisotopic (exact) mass is 276 g/mol. The van der Waals surface area contributed by atoms with Crippen LogP contribution in [0, 0.1) is 5.92 Å². The van der Waals surface area contributed by atoms with Gasteiger partial charge >= 0.3 is 12.0 Å². The number of nitrogens with zero attached hydrogens (tertiary/aromatic N) is 1. The second-order valence-electron chi connectivity index (χ2n) is 4.01. The number of hydrogen-bond donors (Lipinski definition) is 2. The van der Waals surface area contributed by atoms with Gasteiger partial charge in [-0.3, -0.25) is 4.79 Å². The maximum absolute atomic E-state index is 11.9. The van der Waals surface area contributed by atoms with Crippen molar-refractivity contribution in [1.29, 1.82) is 0 Å². The summed E-state index contributed by atoms with van der Waals surface area (Å²) in [7, 11) is 0. The van der Waals surface area contributed by atoms with Crippen LogP contribution in [0.4, 0.5) is 4.79 Å². The maximum Gasteiger partial charge on any atom is 0.318 e. The number of carbonyl (C=O) groups excluding carboxylic acids is 1. The smallest absolute Gasteiger partial charge is 0.318 e. The van der Waals surface area contributed by atoms with Crippen molar-refractivity contribution in [3.8, 4) is 0 Å². The minimum atomic E-state index is -0.953. The van der Waals surface area contributed by atoms with Crippen molar-refractivity contribution in [1.82, 2.24) is 10.2 Å². The van der Waals surface area contributed by atoms with Crippen LogP contribution >= 0.6 is 11.6 Å². The second kappa shape index (κ2) is 6.61. The molecule has 2 atom stereocenters. The molecule has 0 spiro atoms. The van der Waals surface area contributed by atoms with Gasteiger partial charge in [-0.05, 0) is 6.92 Å². The molecule has 2 amide bonds. The number of rotatable bonds is 5. The molecule has 0 saturated carbocycles. The average molecular weight is 277 g/mol. The van der Waals surface area contributed by atoms with Gasteiger partial charge in [-0.1, -0.05) is 18.2 Å². The normalized spacial score (nSPS) is 22.6. The number of nitrogens with one attached hydrogen (secondary N) is 1. The van der Waals surface area contributed by atoms with E-state index in [1.165, 1.54) is 4.90 Å². The number of halogens is 1. The van der Waals surface area contributed by atoms with Gasteiger partial charge in [-0.15, -0.1) is 0 Å². The Morgan fingerprint density at radius 1 is 1.56 bits per heavy atom. The van der Waals surface area contributed by atoms with E-state index in [9.17, 15) is 9.59 Å². The zero-order chi connectivity index (χ0) is 13.7. The van der Waals surface area contributed by atoms with Crippen LogP contribution in [0.25, 0.3) is 0 Å². The van der Waals surface area contributed by atoms with Crippen molar-refractivity contribution in [2.24, 2.45) is 5.92 Å². The number of amides is 2. The highest BCUT2D eigenvalue weighted by molar-refractivity contribution is 6.29. The van der Waals surface area contributed by atoms with Crippen molar-refractivity contribution in [2.75, 3.05) is 26.3 Å². The third kappa shape index (κ3) is 3.61. The van der Waals surface area contributed by atoms with Crippen molar-refractivity contribution >= 4 is 23.6 Å². The molecule has 6 nitrogen and oxygen atoms in total. The van der Waals surface area contributed by atoms with Crippen LogP contribution in [0.5, 0.6) is 0 Å². The molecule has 0 radical (unpaired) electrons. The summed E-state index contributed by atoms with van der Waals surface area (Å²) in [6.07, 6.45) is 0. The molecular weight excluding hydrogens is 260 g/mol. The van der Waals surface area contributed by atoms with Crippen LogP contribution in [0.1, 0.15) is 6.92 Å². The van der Waals surface area contributed by atoms with Gasteiger partial charge < -0.3 is 20.1 Å². The van der Waals surface area contributed by atoms with E-state index in [4.69, 9.17) is 21.4 Å². The average Bonchev–Trinajstić information content (AvgIpc) is 2.76. The molecular formula is C11H17ClN2O4. The zero-order valence-electron chi connectivity index (χ0n) is 10.2. The van der Waals surface area contributed by atoms with Crippen molar-refractivity contribution in [2.45, 2.75) is 13.0 Å². The Labute approximate surface area is 111 Å². The Hall–Kier alpha value is -1.27. The SMILES string of the molecule is C=C(Cl)CNC(=O)N(CC)C1COCC1C(=O)O.